The second kappa shape index (κ2) is 2.91. The monoisotopic (exact) mass is 223 g/mol. The average Bonchev–Trinajstić information content (AvgIpc) is 2.48. The van der Waals surface area contributed by atoms with Crippen LogP contribution in [0.15, 0.2) is 9.59 Å². The van der Waals surface area contributed by atoms with Crippen molar-refractivity contribution in [3.05, 3.63) is 26.4 Å². The summed E-state index contributed by atoms with van der Waals surface area (Å²) in [5.41, 5.74) is -1.55. The van der Waals surface area contributed by atoms with Crippen molar-refractivity contribution in [1.82, 2.24) is 9.13 Å². The Bertz CT molecular complexity index is 637. The summed E-state index contributed by atoms with van der Waals surface area (Å²) in [6.45, 7) is 0. The van der Waals surface area contributed by atoms with Crippen LogP contribution in [-0.4, -0.2) is 27.9 Å². The fourth-order valence-corrected chi connectivity index (χ4v) is 1.78. The number of nitrogens with zero attached hydrogens (tertiary/aromatic N) is 3. The van der Waals surface area contributed by atoms with Crippen molar-refractivity contribution < 1.29 is 9.59 Å². The lowest BCUT2D eigenvalue weighted by Crippen LogP contribution is -2.40. The lowest BCUT2D eigenvalue weighted by Gasteiger charge is -2.13. The molecule has 0 aliphatic carbocycles. The van der Waals surface area contributed by atoms with Gasteiger partial charge < -0.3 is 0 Å². The van der Waals surface area contributed by atoms with Gasteiger partial charge in [0.1, 0.15) is 11.4 Å². The summed E-state index contributed by atoms with van der Waals surface area (Å²) in [5, 5.41) is 0. The van der Waals surface area contributed by atoms with Crippen LogP contribution < -0.4 is 16.1 Å². The van der Waals surface area contributed by atoms with Crippen molar-refractivity contribution in [2.75, 3.05) is 11.9 Å². The van der Waals surface area contributed by atoms with Gasteiger partial charge in [-0.2, -0.15) is 0 Å². The molecule has 2 heterocycles. The zero-order chi connectivity index (χ0) is 12.2. The minimum atomic E-state index is -0.867. The normalized spacial score (nSPS) is 14.6. The molecule has 0 fully saturated rings. The van der Waals surface area contributed by atoms with E-state index in [0.717, 1.165) is 14.0 Å². The number of aromatic nitrogens is 2. The van der Waals surface area contributed by atoms with Crippen LogP contribution in [0.4, 0.5) is 5.82 Å². The summed E-state index contributed by atoms with van der Waals surface area (Å²) < 4.78 is 1.92. The predicted molar refractivity (Wildman–Crippen MR) is 54.7 cm³/mol. The number of fused-ring (bicyclic) bond motifs is 1. The molecular formula is C9H9N3O4. The number of ketones is 1. The molecule has 1 aliphatic rings. The first-order valence-corrected chi connectivity index (χ1v) is 4.50. The standard InChI is InChI=1S/C9H9N3O4/c1-10-6-4(5(13)8(10)15)7(14)12(3)9(16)11(6)2/h1-3H3. The van der Waals surface area contributed by atoms with Gasteiger partial charge in [-0.15, -0.1) is 0 Å². The zero-order valence-corrected chi connectivity index (χ0v) is 8.97. The largest absolute Gasteiger partial charge is 0.332 e. The molecule has 1 aromatic heterocycles. The van der Waals surface area contributed by atoms with Gasteiger partial charge in [-0.05, 0) is 0 Å². The van der Waals surface area contributed by atoms with Crippen molar-refractivity contribution in [1.29, 1.82) is 0 Å². The van der Waals surface area contributed by atoms with Gasteiger partial charge in [-0.3, -0.25) is 28.4 Å². The maximum atomic E-state index is 11.7. The van der Waals surface area contributed by atoms with E-state index in [4.69, 9.17) is 0 Å². The van der Waals surface area contributed by atoms with Crippen LogP contribution >= 0.6 is 0 Å². The van der Waals surface area contributed by atoms with Crippen LogP contribution in [0, 0.1) is 0 Å². The van der Waals surface area contributed by atoms with E-state index in [1.165, 1.54) is 21.1 Å². The molecule has 2 rings (SSSR count). The Balaban J connectivity index is 3.03. The summed E-state index contributed by atoms with van der Waals surface area (Å²) >= 11 is 0. The number of rotatable bonds is 0. The number of amides is 1. The highest BCUT2D eigenvalue weighted by Gasteiger charge is 2.39. The molecule has 7 heteroatoms. The molecule has 84 valence electrons. The van der Waals surface area contributed by atoms with E-state index in [-0.39, 0.29) is 11.4 Å². The minimum absolute atomic E-state index is 0.0584. The fourth-order valence-electron chi connectivity index (χ4n) is 1.78. The molecule has 0 aromatic carbocycles. The molecule has 0 saturated carbocycles. The Hall–Kier alpha value is -2.18. The first kappa shape index (κ1) is 10.3. The molecule has 16 heavy (non-hydrogen) atoms. The highest BCUT2D eigenvalue weighted by atomic mass is 16.2. The Morgan fingerprint density at radius 3 is 2.00 bits per heavy atom. The molecule has 0 atom stereocenters. The average molecular weight is 223 g/mol. The van der Waals surface area contributed by atoms with Gasteiger partial charge in [0.25, 0.3) is 11.3 Å². The van der Waals surface area contributed by atoms with E-state index in [2.05, 4.69) is 0 Å². The minimum Gasteiger partial charge on any atom is -0.293 e. The molecule has 1 amide bonds. The highest BCUT2D eigenvalue weighted by Crippen LogP contribution is 2.21. The maximum Gasteiger partial charge on any atom is 0.332 e. The molecule has 0 saturated heterocycles. The number of anilines is 1. The van der Waals surface area contributed by atoms with E-state index in [1.54, 1.807) is 0 Å². The maximum absolute atomic E-state index is 11.7. The quantitative estimate of drug-likeness (QED) is 0.488. The van der Waals surface area contributed by atoms with Crippen LogP contribution in [0.5, 0.6) is 0 Å². The summed E-state index contributed by atoms with van der Waals surface area (Å²) in [7, 11) is 4.02. The van der Waals surface area contributed by atoms with E-state index >= 15 is 0 Å². The molecule has 0 N–H and O–H groups in total. The van der Waals surface area contributed by atoms with Crippen LogP contribution in [0.3, 0.4) is 0 Å². The van der Waals surface area contributed by atoms with Crippen LogP contribution in [0.1, 0.15) is 10.4 Å². The molecule has 0 spiro atoms. The highest BCUT2D eigenvalue weighted by molar-refractivity contribution is 6.51. The Kier molecular flexibility index (Phi) is 1.88. The van der Waals surface area contributed by atoms with Crippen LogP contribution in [0.25, 0.3) is 0 Å². The first-order valence-electron chi connectivity index (χ1n) is 4.50. The Labute approximate surface area is 89.5 Å². The predicted octanol–water partition coefficient (Wildman–Crippen LogP) is -1.76. The molecular weight excluding hydrogens is 214 g/mol. The van der Waals surface area contributed by atoms with Crippen molar-refractivity contribution in [3.8, 4) is 0 Å². The summed E-state index contributed by atoms with van der Waals surface area (Å²) in [4.78, 5) is 47.2. The lowest BCUT2D eigenvalue weighted by molar-refractivity contribution is -0.114. The van der Waals surface area contributed by atoms with Crippen molar-refractivity contribution in [2.45, 2.75) is 0 Å². The molecule has 1 aliphatic heterocycles. The molecule has 0 radical (unpaired) electrons. The summed E-state index contributed by atoms with van der Waals surface area (Å²) in [6.07, 6.45) is 0. The lowest BCUT2D eigenvalue weighted by atomic mass is 10.2. The van der Waals surface area contributed by atoms with Gasteiger partial charge in [0.05, 0.1) is 0 Å². The third-order valence-electron chi connectivity index (χ3n) is 2.68. The fraction of sp³-hybridized carbons (Fsp3) is 0.333. The molecule has 0 bridgehead atoms. The van der Waals surface area contributed by atoms with Gasteiger partial charge in [0, 0.05) is 21.1 Å². The molecule has 7 nitrogen and oxygen atoms in total. The first-order chi connectivity index (χ1) is 7.37. The van der Waals surface area contributed by atoms with Crippen molar-refractivity contribution >= 4 is 17.5 Å². The number of Topliss-reactive ketones (excluding diaryl/α,β-unsaturated/α-hetero) is 1. The number of carbonyl (C=O) groups excluding carboxylic acids is 2. The van der Waals surface area contributed by atoms with Gasteiger partial charge in [-0.25, -0.2) is 4.79 Å². The van der Waals surface area contributed by atoms with Gasteiger partial charge >= 0.3 is 11.6 Å². The number of hydrogen-bond donors (Lipinski definition) is 0. The topological polar surface area (TPSA) is 81.4 Å². The summed E-state index contributed by atoms with van der Waals surface area (Å²) in [5.74, 6) is -1.61. The third-order valence-corrected chi connectivity index (χ3v) is 2.68. The number of hydrogen-bond acceptors (Lipinski definition) is 4. The number of carbonyl (C=O) groups is 2. The van der Waals surface area contributed by atoms with Gasteiger partial charge in [0.2, 0.25) is 0 Å². The summed E-state index contributed by atoms with van der Waals surface area (Å²) in [6, 6.07) is 0. The third kappa shape index (κ3) is 0.967. The van der Waals surface area contributed by atoms with Crippen LogP contribution in [0.2, 0.25) is 0 Å². The number of likely N-dealkylation sites (N-methyl/N-ethyl adjacent to an activating group) is 1. The van der Waals surface area contributed by atoms with E-state index < -0.39 is 22.9 Å². The second-order valence-corrected chi connectivity index (χ2v) is 3.60. The van der Waals surface area contributed by atoms with Gasteiger partial charge in [0.15, 0.2) is 0 Å². The molecule has 1 aromatic rings. The zero-order valence-electron chi connectivity index (χ0n) is 8.97. The second-order valence-electron chi connectivity index (χ2n) is 3.60. The van der Waals surface area contributed by atoms with Gasteiger partial charge in [-0.1, -0.05) is 0 Å². The van der Waals surface area contributed by atoms with E-state index in [1.807, 2.05) is 0 Å². The SMILES string of the molecule is CN1C(=O)C(=O)c2c1n(C)c(=O)n(C)c2=O. The van der Waals surface area contributed by atoms with Crippen molar-refractivity contribution in [2.24, 2.45) is 14.1 Å². The van der Waals surface area contributed by atoms with E-state index in [9.17, 15) is 19.2 Å². The Morgan fingerprint density at radius 1 is 0.875 bits per heavy atom. The smallest absolute Gasteiger partial charge is 0.293 e. The van der Waals surface area contributed by atoms with Crippen LogP contribution in [-0.2, 0) is 18.9 Å². The van der Waals surface area contributed by atoms with E-state index in [0.29, 0.717) is 0 Å². The molecule has 0 unspecified atom stereocenters. The Morgan fingerprint density at radius 2 is 1.44 bits per heavy atom. The van der Waals surface area contributed by atoms with Crippen molar-refractivity contribution in [3.63, 3.8) is 0 Å².